The number of rotatable bonds is 3. The van der Waals surface area contributed by atoms with Crippen LogP contribution in [0.1, 0.15) is 10.4 Å². The molecule has 0 amide bonds. The zero-order valence-corrected chi connectivity index (χ0v) is 11.8. The van der Waals surface area contributed by atoms with Gasteiger partial charge in [-0.1, -0.05) is 18.2 Å². The molecule has 0 radical (unpaired) electrons. The Morgan fingerprint density at radius 3 is 2.62 bits per heavy atom. The molecule has 3 heteroatoms. The minimum Gasteiger partial charge on any atom is -0.369 e. The average molecular weight is 296 g/mol. The van der Waals surface area contributed by atoms with Gasteiger partial charge in [0, 0.05) is 22.1 Å². The summed E-state index contributed by atoms with van der Waals surface area (Å²) in [5, 5.41) is 2.12. The maximum atomic E-state index is 3.57. The minimum atomic E-state index is 0.948. The van der Waals surface area contributed by atoms with Crippen molar-refractivity contribution in [2.24, 2.45) is 0 Å². The highest BCUT2D eigenvalue weighted by Gasteiger charge is 2.07. The summed E-state index contributed by atoms with van der Waals surface area (Å²) >= 11 is 5.36. The third-order valence-corrected chi connectivity index (χ3v) is 4.51. The van der Waals surface area contributed by atoms with E-state index in [0.29, 0.717) is 0 Å². The molecule has 84 valence electrons. The fraction of sp³-hybridized carbons (Fsp3) is 0.231. The molecule has 0 N–H and O–H groups in total. The third kappa shape index (κ3) is 2.47. The van der Waals surface area contributed by atoms with Crippen LogP contribution in [0.15, 0.2) is 40.2 Å². The predicted octanol–water partition coefficient (Wildman–Crippen LogP) is 4.46. The highest BCUT2D eigenvalue weighted by Crippen LogP contribution is 2.26. The predicted molar refractivity (Wildman–Crippen MR) is 75.3 cm³/mol. The monoisotopic (exact) mass is 295 g/mol. The summed E-state index contributed by atoms with van der Waals surface area (Å²) in [6, 6.07) is 10.6. The molecule has 1 aromatic heterocycles. The lowest BCUT2D eigenvalue weighted by Crippen LogP contribution is -2.16. The molecule has 2 aromatic rings. The van der Waals surface area contributed by atoms with Gasteiger partial charge >= 0.3 is 0 Å². The first-order chi connectivity index (χ1) is 7.68. The van der Waals surface area contributed by atoms with Gasteiger partial charge in [0.05, 0.1) is 6.54 Å². The van der Waals surface area contributed by atoms with Gasteiger partial charge in [-0.25, -0.2) is 0 Å². The van der Waals surface area contributed by atoms with Crippen molar-refractivity contribution in [1.29, 1.82) is 0 Å². The van der Waals surface area contributed by atoms with Crippen molar-refractivity contribution < 1.29 is 0 Å². The summed E-state index contributed by atoms with van der Waals surface area (Å²) < 4.78 is 1.21. The number of para-hydroxylation sites is 1. The lowest BCUT2D eigenvalue weighted by molar-refractivity contribution is 0.930. The minimum absolute atomic E-state index is 0.948. The molecular formula is C13H14BrNS. The molecule has 0 aliphatic heterocycles. The van der Waals surface area contributed by atoms with Gasteiger partial charge in [-0.3, -0.25) is 0 Å². The second kappa shape index (κ2) is 5.02. The standard InChI is InChI=1S/C13H14BrNS/c1-10-5-3-4-6-12(10)15(2)9-13-11(14)7-8-16-13/h3-8H,9H2,1-2H3. The van der Waals surface area contributed by atoms with Crippen molar-refractivity contribution in [1.82, 2.24) is 0 Å². The first-order valence-corrected chi connectivity index (χ1v) is 6.84. The van der Waals surface area contributed by atoms with Crippen molar-refractivity contribution in [2.75, 3.05) is 11.9 Å². The van der Waals surface area contributed by atoms with E-state index in [2.05, 4.69) is 70.5 Å². The molecule has 16 heavy (non-hydrogen) atoms. The van der Waals surface area contributed by atoms with Gasteiger partial charge in [0.15, 0.2) is 0 Å². The number of aryl methyl sites for hydroxylation is 1. The van der Waals surface area contributed by atoms with E-state index in [0.717, 1.165) is 6.54 Å². The first-order valence-electron chi connectivity index (χ1n) is 5.17. The van der Waals surface area contributed by atoms with Crippen LogP contribution in [0.5, 0.6) is 0 Å². The Labute approximate surface area is 109 Å². The number of nitrogens with zero attached hydrogens (tertiary/aromatic N) is 1. The average Bonchev–Trinajstić information content (AvgIpc) is 2.65. The summed E-state index contributed by atoms with van der Waals surface area (Å²) in [5.41, 5.74) is 2.61. The Morgan fingerprint density at radius 2 is 2.00 bits per heavy atom. The number of benzene rings is 1. The number of thiophene rings is 1. The quantitative estimate of drug-likeness (QED) is 0.808. The first kappa shape index (κ1) is 11.7. The normalized spacial score (nSPS) is 10.4. The van der Waals surface area contributed by atoms with E-state index in [1.54, 1.807) is 11.3 Å². The zero-order chi connectivity index (χ0) is 11.5. The van der Waals surface area contributed by atoms with Crippen LogP contribution in [-0.4, -0.2) is 7.05 Å². The molecule has 0 atom stereocenters. The summed E-state index contributed by atoms with van der Waals surface area (Å²) in [6.07, 6.45) is 0. The molecule has 0 saturated carbocycles. The van der Waals surface area contributed by atoms with Crippen LogP contribution < -0.4 is 4.90 Å². The molecule has 1 heterocycles. The van der Waals surface area contributed by atoms with E-state index in [9.17, 15) is 0 Å². The highest BCUT2D eigenvalue weighted by atomic mass is 79.9. The number of halogens is 1. The van der Waals surface area contributed by atoms with E-state index in [-0.39, 0.29) is 0 Å². The Balaban J connectivity index is 2.18. The largest absolute Gasteiger partial charge is 0.369 e. The van der Waals surface area contributed by atoms with E-state index in [4.69, 9.17) is 0 Å². The Morgan fingerprint density at radius 1 is 1.25 bits per heavy atom. The van der Waals surface area contributed by atoms with Crippen molar-refractivity contribution in [3.63, 3.8) is 0 Å². The molecule has 0 fully saturated rings. The van der Waals surface area contributed by atoms with E-state index in [1.165, 1.54) is 20.6 Å². The van der Waals surface area contributed by atoms with Crippen LogP contribution in [0.2, 0.25) is 0 Å². The molecular weight excluding hydrogens is 282 g/mol. The van der Waals surface area contributed by atoms with E-state index >= 15 is 0 Å². The Kier molecular flexibility index (Phi) is 3.66. The van der Waals surface area contributed by atoms with Gasteiger partial charge in [-0.2, -0.15) is 0 Å². The molecule has 1 nitrogen and oxygen atoms in total. The van der Waals surface area contributed by atoms with Gasteiger partial charge in [-0.15, -0.1) is 11.3 Å². The second-order valence-electron chi connectivity index (χ2n) is 3.83. The van der Waals surface area contributed by atoms with Crippen molar-refractivity contribution >= 4 is 33.0 Å². The fourth-order valence-electron chi connectivity index (χ4n) is 1.73. The maximum absolute atomic E-state index is 3.57. The Hall–Kier alpha value is -0.800. The van der Waals surface area contributed by atoms with Crippen LogP contribution >= 0.6 is 27.3 Å². The zero-order valence-electron chi connectivity index (χ0n) is 9.40. The Bertz CT molecular complexity index is 478. The molecule has 0 aliphatic rings. The van der Waals surface area contributed by atoms with Crippen LogP contribution in [0, 0.1) is 6.92 Å². The van der Waals surface area contributed by atoms with Crippen LogP contribution in [0.25, 0.3) is 0 Å². The van der Waals surface area contributed by atoms with Gasteiger partial charge in [0.2, 0.25) is 0 Å². The molecule has 2 rings (SSSR count). The number of hydrogen-bond acceptors (Lipinski definition) is 2. The van der Waals surface area contributed by atoms with Crippen molar-refractivity contribution in [3.05, 3.63) is 50.6 Å². The summed E-state index contributed by atoms with van der Waals surface area (Å²) in [4.78, 5) is 3.65. The fourth-order valence-corrected chi connectivity index (χ4v) is 3.26. The van der Waals surface area contributed by atoms with Crippen LogP contribution in [-0.2, 0) is 6.54 Å². The molecule has 1 aromatic carbocycles. The lowest BCUT2D eigenvalue weighted by Gasteiger charge is -2.20. The highest BCUT2D eigenvalue weighted by molar-refractivity contribution is 9.10. The molecule has 0 spiro atoms. The van der Waals surface area contributed by atoms with Gasteiger partial charge in [0.25, 0.3) is 0 Å². The molecule has 0 unspecified atom stereocenters. The molecule has 0 bridgehead atoms. The van der Waals surface area contributed by atoms with Crippen molar-refractivity contribution in [2.45, 2.75) is 13.5 Å². The topological polar surface area (TPSA) is 3.24 Å². The maximum Gasteiger partial charge on any atom is 0.0531 e. The summed E-state index contributed by atoms with van der Waals surface area (Å²) in [7, 11) is 2.13. The SMILES string of the molecule is Cc1ccccc1N(C)Cc1sccc1Br. The van der Waals surface area contributed by atoms with Crippen molar-refractivity contribution in [3.8, 4) is 0 Å². The van der Waals surface area contributed by atoms with Gasteiger partial charge in [-0.05, 0) is 45.9 Å². The van der Waals surface area contributed by atoms with E-state index < -0.39 is 0 Å². The summed E-state index contributed by atoms with van der Waals surface area (Å²) in [6.45, 7) is 3.10. The third-order valence-electron chi connectivity index (χ3n) is 2.60. The number of anilines is 1. The lowest BCUT2D eigenvalue weighted by atomic mass is 10.2. The molecule has 0 aliphatic carbocycles. The van der Waals surface area contributed by atoms with Crippen LogP contribution in [0.4, 0.5) is 5.69 Å². The number of hydrogen-bond donors (Lipinski definition) is 0. The second-order valence-corrected chi connectivity index (χ2v) is 5.69. The van der Waals surface area contributed by atoms with E-state index in [1.807, 2.05) is 0 Å². The molecule has 0 saturated heterocycles. The van der Waals surface area contributed by atoms with Gasteiger partial charge < -0.3 is 4.90 Å². The van der Waals surface area contributed by atoms with Crippen LogP contribution in [0.3, 0.4) is 0 Å². The summed E-state index contributed by atoms with van der Waals surface area (Å²) in [5.74, 6) is 0. The van der Waals surface area contributed by atoms with Gasteiger partial charge in [0.1, 0.15) is 0 Å². The smallest absolute Gasteiger partial charge is 0.0531 e.